The van der Waals surface area contributed by atoms with E-state index >= 15 is 0 Å². The van der Waals surface area contributed by atoms with Gasteiger partial charge in [-0.3, -0.25) is 29.7 Å². The maximum atomic E-state index is 12.4. The van der Waals surface area contributed by atoms with Crippen LogP contribution in [0.5, 0.6) is 5.75 Å². The molecule has 8 N–H and O–H groups in total. The second kappa shape index (κ2) is 8.96. The Morgan fingerprint density at radius 2 is 2.06 bits per heavy atom. The molecule has 0 aliphatic carbocycles. The zero-order valence-electron chi connectivity index (χ0n) is 16.4. The van der Waals surface area contributed by atoms with Crippen LogP contribution in [-0.2, 0) is 19.9 Å². The number of urea groups is 1. The van der Waals surface area contributed by atoms with Crippen LogP contribution in [0.1, 0.15) is 12.1 Å². The Balaban J connectivity index is 1.68. The molecule has 0 aromatic carbocycles. The van der Waals surface area contributed by atoms with Gasteiger partial charge in [0.1, 0.15) is 17.2 Å². The molecule has 2 aromatic heterocycles. The van der Waals surface area contributed by atoms with E-state index in [1.807, 2.05) is 0 Å². The van der Waals surface area contributed by atoms with Crippen LogP contribution in [0.15, 0.2) is 22.4 Å². The first-order valence-electron chi connectivity index (χ1n) is 8.99. The summed E-state index contributed by atoms with van der Waals surface area (Å²) in [6.07, 6.45) is 0.371. The van der Waals surface area contributed by atoms with Crippen molar-refractivity contribution in [3.05, 3.63) is 33.6 Å². The molecular formula is C16H17N7O8S2. The van der Waals surface area contributed by atoms with E-state index in [9.17, 15) is 37.3 Å². The number of aromatic nitrogens is 2. The molecule has 33 heavy (non-hydrogen) atoms. The van der Waals surface area contributed by atoms with E-state index in [1.54, 1.807) is 0 Å². The van der Waals surface area contributed by atoms with Crippen LogP contribution in [0.2, 0.25) is 0 Å². The van der Waals surface area contributed by atoms with Gasteiger partial charge in [-0.05, 0) is 0 Å². The van der Waals surface area contributed by atoms with E-state index in [1.165, 1.54) is 5.38 Å². The molecule has 1 aliphatic rings. The van der Waals surface area contributed by atoms with E-state index < -0.39 is 69.8 Å². The van der Waals surface area contributed by atoms with Gasteiger partial charge in [0, 0.05) is 30.6 Å². The fourth-order valence-electron chi connectivity index (χ4n) is 3.05. The van der Waals surface area contributed by atoms with Gasteiger partial charge in [0.15, 0.2) is 16.7 Å². The SMILES string of the molecule is N=C(C(=O)C[C@@H]1C(=O)N(S(=O)(=O)O)[C@@H]1CNC(=O)Nc1cc(=O)c(O)c[nH]1)c1csc(N)n1. The average molecular weight is 499 g/mol. The van der Waals surface area contributed by atoms with Crippen molar-refractivity contribution in [2.45, 2.75) is 12.5 Å². The summed E-state index contributed by atoms with van der Waals surface area (Å²) in [6.45, 7) is -0.491. The molecule has 2 atom stereocenters. The van der Waals surface area contributed by atoms with Crippen molar-refractivity contribution in [1.29, 1.82) is 5.41 Å². The number of hydrogen-bond acceptors (Lipinski definition) is 11. The number of nitrogens with zero attached hydrogens (tertiary/aromatic N) is 2. The molecule has 3 amide bonds. The lowest BCUT2D eigenvalue weighted by Gasteiger charge is -2.43. The first-order valence-corrected chi connectivity index (χ1v) is 11.3. The third-order valence-corrected chi connectivity index (χ3v) is 6.24. The minimum absolute atomic E-state index is 0.00199. The number of carbonyl (C=O) groups excluding carboxylic acids is 3. The molecule has 17 heteroatoms. The van der Waals surface area contributed by atoms with Gasteiger partial charge in [-0.1, -0.05) is 0 Å². The van der Waals surface area contributed by atoms with Crippen LogP contribution in [0.4, 0.5) is 15.7 Å². The summed E-state index contributed by atoms with van der Waals surface area (Å²) in [6, 6.07) is -1.33. The zero-order valence-corrected chi connectivity index (χ0v) is 18.1. The van der Waals surface area contributed by atoms with Gasteiger partial charge in [0.2, 0.25) is 11.3 Å². The van der Waals surface area contributed by atoms with E-state index in [0.29, 0.717) is 0 Å². The largest absolute Gasteiger partial charge is 0.503 e. The Hall–Kier alpha value is -3.83. The second-order valence-electron chi connectivity index (χ2n) is 6.79. The van der Waals surface area contributed by atoms with Crippen LogP contribution >= 0.6 is 11.3 Å². The van der Waals surface area contributed by atoms with Gasteiger partial charge in [0.05, 0.1) is 12.0 Å². The Bertz CT molecular complexity index is 1300. The van der Waals surface area contributed by atoms with Gasteiger partial charge in [-0.15, -0.1) is 11.3 Å². The number of hydrogen-bond donors (Lipinski definition) is 7. The number of anilines is 2. The summed E-state index contributed by atoms with van der Waals surface area (Å²) >= 11 is 1.00. The standard InChI is InChI=1S/C16H17N7O8S2/c17-13(7-5-32-15(18)21-7)10(25)1-6-8(23(14(6)27)33(29,30)31)3-20-16(28)22-12-2-9(24)11(26)4-19-12/h2,4-6,8,17,26H,1,3H2,(H2,18,21)(H,29,30,31)(H3,19,20,22,24,28)/t6-,8+/m0/s1. The normalized spacial score (nSPS) is 17.8. The average Bonchev–Trinajstić information content (AvgIpc) is 3.16. The maximum Gasteiger partial charge on any atom is 0.362 e. The third-order valence-electron chi connectivity index (χ3n) is 4.62. The fraction of sp³-hybridized carbons (Fsp3) is 0.250. The summed E-state index contributed by atoms with van der Waals surface area (Å²) in [5.74, 6) is -3.80. The number of amides is 3. The molecule has 3 rings (SSSR count). The molecule has 0 saturated carbocycles. The number of rotatable bonds is 8. The number of nitrogens with one attached hydrogen (secondary N) is 4. The van der Waals surface area contributed by atoms with Crippen molar-refractivity contribution in [3.8, 4) is 5.75 Å². The van der Waals surface area contributed by atoms with E-state index in [4.69, 9.17) is 11.1 Å². The number of nitrogens with two attached hydrogens (primary N) is 1. The van der Waals surface area contributed by atoms with Crippen LogP contribution in [0, 0.1) is 11.3 Å². The summed E-state index contributed by atoms with van der Waals surface area (Å²) in [4.78, 5) is 54.4. The molecule has 0 radical (unpaired) electrons. The molecule has 0 spiro atoms. The van der Waals surface area contributed by atoms with Crippen LogP contribution in [-0.4, -0.2) is 68.4 Å². The summed E-state index contributed by atoms with van der Waals surface area (Å²) in [5.41, 5.74) is 4.17. The topological polar surface area (TPSA) is 249 Å². The van der Waals surface area contributed by atoms with Crippen molar-refractivity contribution in [1.82, 2.24) is 19.6 Å². The van der Waals surface area contributed by atoms with Gasteiger partial charge in [0.25, 0.3) is 0 Å². The maximum absolute atomic E-state index is 12.4. The zero-order chi connectivity index (χ0) is 24.5. The number of pyridine rings is 1. The van der Waals surface area contributed by atoms with Crippen molar-refractivity contribution < 1.29 is 32.5 Å². The number of Topliss-reactive ketones (excluding diaryl/α,β-unsaturated/α-hetero) is 1. The van der Waals surface area contributed by atoms with Gasteiger partial charge in [-0.2, -0.15) is 8.42 Å². The molecule has 1 saturated heterocycles. The number of aromatic hydroxyl groups is 1. The number of H-pyrrole nitrogens is 1. The summed E-state index contributed by atoms with van der Waals surface area (Å²) in [7, 11) is -4.97. The lowest BCUT2D eigenvalue weighted by molar-refractivity contribution is -0.148. The predicted octanol–water partition coefficient (Wildman–Crippen LogP) is -1.10. The molecule has 1 aliphatic heterocycles. The summed E-state index contributed by atoms with van der Waals surface area (Å²) < 4.78 is 32.5. The number of nitrogen functional groups attached to an aromatic ring is 1. The van der Waals surface area contributed by atoms with Crippen molar-refractivity contribution >= 4 is 56.0 Å². The Morgan fingerprint density at radius 3 is 2.64 bits per heavy atom. The number of β-lactam (4-membered cyclic amide) rings is 1. The Kier molecular flexibility index (Phi) is 6.47. The van der Waals surface area contributed by atoms with Crippen LogP contribution < -0.4 is 21.8 Å². The molecule has 1 fully saturated rings. The number of aromatic amines is 1. The third kappa shape index (κ3) is 5.16. The second-order valence-corrected chi connectivity index (χ2v) is 8.97. The number of carbonyl (C=O) groups is 3. The van der Waals surface area contributed by atoms with Gasteiger partial charge in [-0.25, -0.2) is 14.1 Å². The smallest absolute Gasteiger partial charge is 0.362 e. The Labute approximate surface area is 189 Å². The van der Waals surface area contributed by atoms with Crippen LogP contribution in [0.25, 0.3) is 0 Å². The highest BCUT2D eigenvalue weighted by atomic mass is 32.2. The summed E-state index contributed by atoms with van der Waals surface area (Å²) in [5, 5.41) is 23.1. The van der Waals surface area contributed by atoms with Gasteiger partial charge >= 0.3 is 16.3 Å². The van der Waals surface area contributed by atoms with E-state index in [0.717, 1.165) is 23.6 Å². The molecule has 3 heterocycles. The lowest BCUT2D eigenvalue weighted by Crippen LogP contribution is -2.66. The molecule has 176 valence electrons. The minimum Gasteiger partial charge on any atom is -0.503 e. The monoisotopic (exact) mass is 499 g/mol. The first-order chi connectivity index (χ1) is 15.4. The highest BCUT2D eigenvalue weighted by Gasteiger charge is 2.53. The Morgan fingerprint density at radius 1 is 1.36 bits per heavy atom. The number of ketones is 1. The number of thiazole rings is 1. The predicted molar refractivity (Wildman–Crippen MR) is 114 cm³/mol. The molecule has 0 bridgehead atoms. The first kappa shape index (κ1) is 23.8. The van der Waals surface area contributed by atoms with E-state index in [2.05, 4.69) is 20.6 Å². The van der Waals surface area contributed by atoms with Crippen LogP contribution in [0.3, 0.4) is 0 Å². The molecule has 15 nitrogen and oxygen atoms in total. The molecule has 2 aromatic rings. The highest BCUT2D eigenvalue weighted by Crippen LogP contribution is 2.32. The molecule has 0 unspecified atom stereocenters. The minimum atomic E-state index is -4.97. The highest BCUT2D eigenvalue weighted by molar-refractivity contribution is 7.84. The van der Waals surface area contributed by atoms with Crippen molar-refractivity contribution in [3.63, 3.8) is 0 Å². The van der Waals surface area contributed by atoms with Crippen molar-refractivity contribution in [2.75, 3.05) is 17.6 Å². The van der Waals surface area contributed by atoms with E-state index in [-0.39, 0.29) is 20.9 Å². The molecular weight excluding hydrogens is 482 g/mol. The fourth-order valence-corrected chi connectivity index (χ4v) is 4.53. The van der Waals surface area contributed by atoms with Crippen molar-refractivity contribution in [2.24, 2.45) is 5.92 Å². The lowest BCUT2D eigenvalue weighted by atomic mass is 9.84. The van der Waals surface area contributed by atoms with Gasteiger partial charge < -0.3 is 21.1 Å². The quantitative estimate of drug-likeness (QED) is 0.131.